The Hall–Kier alpha value is -3.01. The number of amides is 2. The first-order chi connectivity index (χ1) is 16.1. The zero-order valence-corrected chi connectivity index (χ0v) is 20.4. The molecule has 186 valence electrons. The van der Waals surface area contributed by atoms with Crippen molar-refractivity contribution in [2.45, 2.75) is 45.7 Å². The minimum atomic E-state index is -3.78. The monoisotopic (exact) mass is 495 g/mol. The summed E-state index contributed by atoms with van der Waals surface area (Å²) in [5, 5.41) is 2.73. The van der Waals surface area contributed by atoms with Crippen LogP contribution in [0.4, 0.5) is 14.5 Å². The highest BCUT2D eigenvalue weighted by Crippen LogP contribution is 2.22. The minimum Gasteiger partial charge on any atom is -0.355 e. The summed E-state index contributed by atoms with van der Waals surface area (Å²) >= 11 is 0. The predicted octanol–water partition coefficient (Wildman–Crippen LogP) is 3.45. The van der Waals surface area contributed by atoms with E-state index in [1.165, 1.54) is 41.3 Å². The van der Waals surface area contributed by atoms with Crippen molar-refractivity contribution in [2.24, 2.45) is 0 Å². The Morgan fingerprint density at radius 3 is 2.24 bits per heavy atom. The third-order valence-corrected chi connectivity index (χ3v) is 6.46. The van der Waals surface area contributed by atoms with E-state index in [1.807, 2.05) is 0 Å². The molecule has 0 unspecified atom stereocenters. The van der Waals surface area contributed by atoms with Gasteiger partial charge in [0, 0.05) is 26.1 Å². The highest BCUT2D eigenvalue weighted by molar-refractivity contribution is 7.92. The molecule has 2 amide bonds. The highest BCUT2D eigenvalue weighted by Gasteiger charge is 2.28. The van der Waals surface area contributed by atoms with Gasteiger partial charge in [-0.1, -0.05) is 31.2 Å². The first-order valence-electron chi connectivity index (χ1n) is 11.1. The number of carbonyl (C=O) groups is 2. The summed E-state index contributed by atoms with van der Waals surface area (Å²) in [5.41, 5.74) is 0.566. The van der Waals surface area contributed by atoms with Crippen LogP contribution in [-0.4, -0.2) is 50.5 Å². The predicted molar refractivity (Wildman–Crippen MR) is 128 cm³/mol. The molecule has 1 atom stereocenters. The van der Waals surface area contributed by atoms with Gasteiger partial charge in [-0.05, 0) is 49.6 Å². The van der Waals surface area contributed by atoms with Crippen molar-refractivity contribution in [2.75, 3.05) is 23.7 Å². The topological polar surface area (TPSA) is 86.8 Å². The number of para-hydroxylation sites is 1. The van der Waals surface area contributed by atoms with Crippen LogP contribution in [0, 0.1) is 11.6 Å². The van der Waals surface area contributed by atoms with Gasteiger partial charge < -0.3 is 10.2 Å². The van der Waals surface area contributed by atoms with E-state index < -0.39 is 27.7 Å². The van der Waals surface area contributed by atoms with E-state index in [1.54, 1.807) is 26.0 Å². The maximum absolute atomic E-state index is 14.2. The van der Waals surface area contributed by atoms with Crippen LogP contribution in [0.5, 0.6) is 0 Å². The number of hydrogen-bond acceptors (Lipinski definition) is 4. The van der Waals surface area contributed by atoms with Gasteiger partial charge in [0.2, 0.25) is 21.8 Å². The molecule has 0 radical (unpaired) electrons. The first kappa shape index (κ1) is 27.2. The third-order valence-electron chi connectivity index (χ3n) is 5.28. The second-order valence-corrected chi connectivity index (χ2v) is 9.76. The van der Waals surface area contributed by atoms with Crippen LogP contribution in [0.25, 0.3) is 0 Å². The summed E-state index contributed by atoms with van der Waals surface area (Å²) in [4.78, 5) is 27.2. The Bertz CT molecular complexity index is 1080. The van der Waals surface area contributed by atoms with E-state index >= 15 is 0 Å². The van der Waals surface area contributed by atoms with Gasteiger partial charge in [-0.2, -0.15) is 0 Å². The van der Waals surface area contributed by atoms with Crippen LogP contribution in [0.15, 0.2) is 48.5 Å². The number of nitrogens with zero attached hydrogens (tertiary/aromatic N) is 2. The number of hydrogen-bond donors (Lipinski definition) is 1. The molecule has 10 heteroatoms. The smallest absolute Gasteiger partial charge is 0.242 e. The number of nitrogens with one attached hydrogen (secondary N) is 1. The second kappa shape index (κ2) is 12.5. The summed E-state index contributed by atoms with van der Waals surface area (Å²) in [6.07, 6.45) is 1.40. The van der Waals surface area contributed by atoms with Gasteiger partial charge >= 0.3 is 0 Å². The van der Waals surface area contributed by atoms with Gasteiger partial charge in [-0.25, -0.2) is 17.2 Å². The molecule has 34 heavy (non-hydrogen) atoms. The van der Waals surface area contributed by atoms with Crippen molar-refractivity contribution in [1.82, 2.24) is 10.2 Å². The lowest BCUT2D eigenvalue weighted by molar-refractivity contribution is -0.141. The van der Waals surface area contributed by atoms with Gasteiger partial charge in [0.1, 0.15) is 17.7 Å². The normalized spacial score (nSPS) is 12.1. The maximum atomic E-state index is 14.2. The van der Waals surface area contributed by atoms with E-state index in [4.69, 9.17) is 0 Å². The molecular weight excluding hydrogens is 464 g/mol. The molecule has 2 aromatic rings. The SMILES string of the molecule is CCNC(=O)[C@H](CC)N(Cc1ccc(F)cc1)C(=O)CCCN(c1ccccc1F)S(C)(=O)=O. The van der Waals surface area contributed by atoms with E-state index in [0.717, 1.165) is 10.6 Å². The number of benzene rings is 2. The Morgan fingerprint density at radius 1 is 1.03 bits per heavy atom. The lowest BCUT2D eigenvalue weighted by Crippen LogP contribution is -2.49. The Labute approximate surface area is 199 Å². The summed E-state index contributed by atoms with van der Waals surface area (Å²) in [6, 6.07) is 10.4. The molecule has 0 saturated carbocycles. The van der Waals surface area contributed by atoms with Crippen LogP contribution < -0.4 is 9.62 Å². The van der Waals surface area contributed by atoms with Crippen LogP contribution in [0.3, 0.4) is 0 Å². The maximum Gasteiger partial charge on any atom is 0.242 e. The first-order valence-corrected chi connectivity index (χ1v) is 13.0. The van der Waals surface area contributed by atoms with Gasteiger partial charge in [-0.15, -0.1) is 0 Å². The molecule has 7 nitrogen and oxygen atoms in total. The number of halogens is 2. The molecule has 2 rings (SSSR count). The lowest BCUT2D eigenvalue weighted by Gasteiger charge is -2.31. The van der Waals surface area contributed by atoms with Crippen LogP contribution in [0.1, 0.15) is 38.7 Å². The zero-order chi connectivity index (χ0) is 25.3. The van der Waals surface area contributed by atoms with Crippen LogP contribution in [0.2, 0.25) is 0 Å². The molecular formula is C24H31F2N3O4S. The molecule has 2 aromatic carbocycles. The summed E-state index contributed by atoms with van der Waals surface area (Å²) in [5.74, 6) is -1.75. The molecule has 0 aliphatic rings. The minimum absolute atomic E-state index is 0.0580. The Balaban J connectivity index is 2.20. The van der Waals surface area contributed by atoms with Crippen LogP contribution >= 0.6 is 0 Å². The largest absolute Gasteiger partial charge is 0.355 e. The molecule has 0 heterocycles. The van der Waals surface area contributed by atoms with Crippen molar-refractivity contribution in [3.8, 4) is 0 Å². The molecule has 0 aliphatic carbocycles. The molecule has 0 spiro atoms. The molecule has 0 aliphatic heterocycles. The van der Waals surface area contributed by atoms with Gasteiger partial charge in [0.15, 0.2) is 0 Å². The number of likely N-dealkylation sites (N-methyl/N-ethyl adjacent to an activating group) is 1. The fraction of sp³-hybridized carbons (Fsp3) is 0.417. The van der Waals surface area contributed by atoms with E-state index in [9.17, 15) is 26.8 Å². The number of sulfonamides is 1. The van der Waals surface area contributed by atoms with Crippen LogP contribution in [-0.2, 0) is 26.2 Å². The third kappa shape index (κ3) is 7.51. The zero-order valence-electron chi connectivity index (χ0n) is 19.6. The molecule has 0 fully saturated rings. The standard InChI is InChI=1S/C24H31F2N3O4S/c1-4-21(24(31)27-5-2)28(17-18-12-14-19(25)15-13-18)23(30)11-8-16-29(34(3,32)33)22-10-7-6-9-20(22)26/h6-7,9-10,12-15,21H,4-5,8,11,16-17H2,1-3H3,(H,27,31)/t21-/m0/s1. The quantitative estimate of drug-likeness (QED) is 0.489. The number of rotatable bonds is 12. The van der Waals surface area contributed by atoms with Crippen molar-refractivity contribution in [3.63, 3.8) is 0 Å². The summed E-state index contributed by atoms with van der Waals surface area (Å²) in [6.45, 7) is 3.96. The Kier molecular flexibility index (Phi) is 9.97. The second-order valence-electron chi connectivity index (χ2n) is 7.86. The molecule has 0 aromatic heterocycles. The molecule has 0 saturated heterocycles. The summed E-state index contributed by atoms with van der Waals surface area (Å²) < 4.78 is 53.0. The van der Waals surface area contributed by atoms with Gasteiger partial charge in [0.25, 0.3) is 0 Å². The Morgan fingerprint density at radius 2 is 1.68 bits per heavy atom. The van der Waals surface area contributed by atoms with Gasteiger partial charge in [-0.3, -0.25) is 13.9 Å². The van der Waals surface area contributed by atoms with E-state index in [2.05, 4.69) is 5.32 Å². The fourth-order valence-corrected chi connectivity index (χ4v) is 4.60. The van der Waals surface area contributed by atoms with E-state index in [-0.39, 0.29) is 43.4 Å². The molecule has 0 bridgehead atoms. The van der Waals surface area contributed by atoms with Crippen molar-refractivity contribution >= 4 is 27.5 Å². The average Bonchev–Trinajstić information content (AvgIpc) is 2.78. The van der Waals surface area contributed by atoms with E-state index in [0.29, 0.717) is 18.5 Å². The highest BCUT2D eigenvalue weighted by atomic mass is 32.2. The van der Waals surface area contributed by atoms with Crippen molar-refractivity contribution in [3.05, 3.63) is 65.7 Å². The van der Waals surface area contributed by atoms with Crippen molar-refractivity contribution in [1.29, 1.82) is 0 Å². The summed E-state index contributed by atoms with van der Waals surface area (Å²) in [7, 11) is -3.78. The number of anilines is 1. The number of carbonyl (C=O) groups excluding carboxylic acids is 2. The average molecular weight is 496 g/mol. The molecule has 1 N–H and O–H groups in total. The fourth-order valence-electron chi connectivity index (χ4n) is 3.63. The van der Waals surface area contributed by atoms with Crippen molar-refractivity contribution < 1.29 is 26.8 Å². The lowest BCUT2D eigenvalue weighted by atomic mass is 10.1. The van der Waals surface area contributed by atoms with Gasteiger partial charge in [0.05, 0.1) is 11.9 Å².